The molecule has 4 aliphatic rings. The van der Waals surface area contributed by atoms with Crippen molar-refractivity contribution >= 4 is 17.8 Å². The number of benzene rings is 1. The Labute approximate surface area is 236 Å². The number of carbonyl (C=O) groups excluding carboxylic acids is 2. The SMILES string of the molecule is O=C(N[C@@H]1CC[C@@H](c2cccc(F)c2F)Cn2c(C3CCOC3)cnc21)N1CCC2(CC1)C(=O)Nc1ncccc12. The summed E-state index contributed by atoms with van der Waals surface area (Å²) in [6.07, 6.45) is 6.48. The molecule has 11 heteroatoms. The van der Waals surface area contributed by atoms with Crippen molar-refractivity contribution in [2.45, 2.75) is 61.9 Å². The standard InChI is InChI=1S/C30H32F2N6O3/c31-22-5-1-3-20(25(22)32)18-6-7-23(27-34-15-24(38(27)16-18)19-8-14-41-17-19)35-29(40)37-12-9-30(10-13-37)21-4-2-11-33-26(21)36-28(30)39/h1-5,11,15,18-19,23H,6-10,12-14,16-17H2,(H,35,40)(H,33,36,39)/t18-,19?,23-/m1/s1. The van der Waals surface area contributed by atoms with Crippen LogP contribution < -0.4 is 10.6 Å². The molecule has 41 heavy (non-hydrogen) atoms. The van der Waals surface area contributed by atoms with Gasteiger partial charge in [-0.25, -0.2) is 23.5 Å². The summed E-state index contributed by atoms with van der Waals surface area (Å²) in [7, 11) is 0. The Morgan fingerprint density at radius 2 is 1.93 bits per heavy atom. The van der Waals surface area contributed by atoms with Crippen LogP contribution in [0.15, 0.2) is 42.7 Å². The van der Waals surface area contributed by atoms with Crippen molar-refractivity contribution in [1.29, 1.82) is 0 Å². The van der Waals surface area contributed by atoms with Crippen molar-refractivity contribution < 1.29 is 23.1 Å². The van der Waals surface area contributed by atoms with Crippen LogP contribution in [-0.4, -0.2) is 57.7 Å². The third kappa shape index (κ3) is 4.37. The monoisotopic (exact) mass is 562 g/mol. The number of likely N-dealkylation sites (tertiary alicyclic amines) is 1. The summed E-state index contributed by atoms with van der Waals surface area (Å²) in [5, 5.41) is 6.08. The number of amides is 3. The fourth-order valence-electron chi connectivity index (χ4n) is 7.08. The minimum atomic E-state index is -0.857. The fourth-order valence-corrected chi connectivity index (χ4v) is 7.08. The number of rotatable bonds is 3. The molecule has 1 unspecified atom stereocenters. The van der Waals surface area contributed by atoms with Crippen LogP contribution in [0.2, 0.25) is 0 Å². The first-order valence-corrected chi connectivity index (χ1v) is 14.3. The number of carbonyl (C=O) groups is 2. The second kappa shape index (κ2) is 10.2. The quantitative estimate of drug-likeness (QED) is 0.494. The third-order valence-corrected chi connectivity index (χ3v) is 9.40. The molecule has 3 aromatic rings. The Morgan fingerprint density at radius 3 is 2.73 bits per heavy atom. The molecular formula is C30H32F2N6O3. The number of hydrogen-bond donors (Lipinski definition) is 2. The van der Waals surface area contributed by atoms with E-state index in [1.807, 2.05) is 18.3 Å². The van der Waals surface area contributed by atoms with E-state index in [1.165, 1.54) is 0 Å². The zero-order chi connectivity index (χ0) is 28.1. The second-order valence-corrected chi connectivity index (χ2v) is 11.6. The molecule has 0 bridgehead atoms. The van der Waals surface area contributed by atoms with Gasteiger partial charge in [-0.15, -0.1) is 0 Å². The highest BCUT2D eigenvalue weighted by Crippen LogP contribution is 2.44. The largest absolute Gasteiger partial charge is 0.381 e. The lowest BCUT2D eigenvalue weighted by Crippen LogP contribution is -2.51. The molecule has 3 amide bonds. The molecule has 0 saturated carbocycles. The molecule has 2 fully saturated rings. The minimum absolute atomic E-state index is 0.0592. The van der Waals surface area contributed by atoms with Crippen molar-refractivity contribution in [2.24, 2.45) is 0 Å². The van der Waals surface area contributed by atoms with Gasteiger partial charge in [0, 0.05) is 61.7 Å². The van der Waals surface area contributed by atoms with Gasteiger partial charge in [-0.1, -0.05) is 18.2 Å². The second-order valence-electron chi connectivity index (χ2n) is 11.6. The van der Waals surface area contributed by atoms with E-state index in [9.17, 15) is 18.4 Å². The smallest absolute Gasteiger partial charge is 0.317 e. The number of hydrogen-bond acceptors (Lipinski definition) is 5. The summed E-state index contributed by atoms with van der Waals surface area (Å²) in [6, 6.07) is 7.49. The van der Waals surface area contributed by atoms with Gasteiger partial charge in [0.2, 0.25) is 5.91 Å². The molecule has 2 aromatic heterocycles. The lowest BCUT2D eigenvalue weighted by molar-refractivity contribution is -0.122. The summed E-state index contributed by atoms with van der Waals surface area (Å²) < 4.78 is 36.8. The van der Waals surface area contributed by atoms with Crippen LogP contribution >= 0.6 is 0 Å². The van der Waals surface area contributed by atoms with Gasteiger partial charge >= 0.3 is 6.03 Å². The zero-order valence-corrected chi connectivity index (χ0v) is 22.6. The van der Waals surface area contributed by atoms with E-state index in [2.05, 4.69) is 20.2 Å². The van der Waals surface area contributed by atoms with Crippen LogP contribution in [-0.2, 0) is 21.5 Å². The van der Waals surface area contributed by atoms with Crippen LogP contribution in [0.25, 0.3) is 0 Å². The van der Waals surface area contributed by atoms with Crippen LogP contribution in [0.1, 0.15) is 72.6 Å². The normalized spacial score (nSPS) is 25.0. The summed E-state index contributed by atoms with van der Waals surface area (Å²) in [6.45, 7) is 2.56. The number of ether oxygens (including phenoxy) is 1. The molecule has 1 spiro atoms. The highest BCUT2D eigenvalue weighted by Gasteiger charge is 2.49. The van der Waals surface area contributed by atoms with Gasteiger partial charge in [-0.05, 0) is 49.8 Å². The highest BCUT2D eigenvalue weighted by molar-refractivity contribution is 6.05. The predicted octanol–water partition coefficient (Wildman–Crippen LogP) is 4.37. The molecule has 2 N–H and O–H groups in total. The number of imidazole rings is 1. The average molecular weight is 563 g/mol. The molecule has 2 saturated heterocycles. The van der Waals surface area contributed by atoms with Gasteiger partial charge < -0.3 is 24.8 Å². The van der Waals surface area contributed by atoms with Gasteiger partial charge in [0.15, 0.2) is 11.6 Å². The number of aromatic nitrogens is 3. The van der Waals surface area contributed by atoms with Gasteiger partial charge in [0.05, 0.1) is 18.1 Å². The van der Waals surface area contributed by atoms with Crippen LogP contribution in [0.4, 0.5) is 19.4 Å². The first-order chi connectivity index (χ1) is 19.9. The van der Waals surface area contributed by atoms with Crippen molar-refractivity contribution in [1.82, 2.24) is 24.8 Å². The van der Waals surface area contributed by atoms with E-state index >= 15 is 0 Å². The topological polar surface area (TPSA) is 101 Å². The summed E-state index contributed by atoms with van der Waals surface area (Å²) >= 11 is 0. The molecule has 1 aromatic carbocycles. The molecule has 214 valence electrons. The average Bonchev–Trinajstić information content (AvgIpc) is 3.69. The van der Waals surface area contributed by atoms with Crippen LogP contribution in [0.5, 0.6) is 0 Å². The molecule has 6 heterocycles. The number of urea groups is 1. The predicted molar refractivity (Wildman–Crippen MR) is 145 cm³/mol. The summed E-state index contributed by atoms with van der Waals surface area (Å²) in [4.78, 5) is 37.3. The van der Waals surface area contributed by atoms with Crippen molar-refractivity contribution in [2.75, 3.05) is 31.6 Å². The van der Waals surface area contributed by atoms with Crippen molar-refractivity contribution in [3.05, 3.63) is 77.0 Å². The number of fused-ring (bicyclic) bond motifs is 3. The number of anilines is 1. The number of piperidine rings is 1. The van der Waals surface area contributed by atoms with Gasteiger partial charge in [-0.2, -0.15) is 0 Å². The highest BCUT2D eigenvalue weighted by atomic mass is 19.2. The lowest BCUT2D eigenvalue weighted by Gasteiger charge is -2.38. The van der Waals surface area contributed by atoms with E-state index in [0.29, 0.717) is 69.9 Å². The molecule has 4 aliphatic heterocycles. The third-order valence-electron chi connectivity index (χ3n) is 9.40. The molecule has 9 nitrogen and oxygen atoms in total. The van der Waals surface area contributed by atoms with E-state index in [4.69, 9.17) is 9.72 Å². The van der Waals surface area contributed by atoms with Gasteiger partial charge in [0.1, 0.15) is 11.6 Å². The Kier molecular flexibility index (Phi) is 6.49. The molecule has 0 radical (unpaired) electrons. The van der Waals surface area contributed by atoms with Crippen LogP contribution in [0.3, 0.4) is 0 Å². The van der Waals surface area contributed by atoms with E-state index in [-0.39, 0.29) is 23.8 Å². The number of halogens is 2. The maximum atomic E-state index is 14.9. The van der Waals surface area contributed by atoms with Crippen LogP contribution in [0, 0.1) is 11.6 Å². The minimum Gasteiger partial charge on any atom is -0.381 e. The van der Waals surface area contributed by atoms with Crippen molar-refractivity contribution in [3.8, 4) is 0 Å². The summed E-state index contributed by atoms with van der Waals surface area (Å²) in [5.74, 6) is -0.512. The van der Waals surface area contributed by atoms with E-state index < -0.39 is 23.1 Å². The van der Waals surface area contributed by atoms with Gasteiger partial charge in [0.25, 0.3) is 0 Å². The Bertz CT molecular complexity index is 1500. The lowest BCUT2D eigenvalue weighted by atomic mass is 9.74. The molecule has 3 atom stereocenters. The van der Waals surface area contributed by atoms with E-state index in [0.717, 1.165) is 29.6 Å². The number of nitrogens with one attached hydrogen (secondary N) is 2. The molecule has 7 rings (SSSR count). The van der Waals surface area contributed by atoms with Gasteiger partial charge in [-0.3, -0.25) is 4.79 Å². The van der Waals surface area contributed by atoms with E-state index in [1.54, 1.807) is 23.2 Å². The Hall–Kier alpha value is -3.86. The number of nitrogens with zero attached hydrogens (tertiary/aromatic N) is 4. The summed E-state index contributed by atoms with van der Waals surface area (Å²) in [5.41, 5.74) is 1.57. The number of pyridine rings is 1. The van der Waals surface area contributed by atoms with Crippen molar-refractivity contribution in [3.63, 3.8) is 0 Å². The molecule has 0 aliphatic carbocycles. The molecular weight excluding hydrogens is 530 g/mol. The first kappa shape index (κ1) is 26.1. The Morgan fingerprint density at radius 1 is 1.07 bits per heavy atom. The first-order valence-electron chi connectivity index (χ1n) is 14.3. The fraction of sp³-hybridized carbons (Fsp3) is 0.467. The maximum Gasteiger partial charge on any atom is 0.317 e. The Balaban J connectivity index is 1.12. The zero-order valence-electron chi connectivity index (χ0n) is 22.6. The maximum absolute atomic E-state index is 14.9.